The fraction of sp³-hybridized carbons (Fsp3) is 0.471. The molecule has 112 valence electrons. The summed E-state index contributed by atoms with van der Waals surface area (Å²) in [5.41, 5.74) is 10.2. The molecule has 0 radical (unpaired) electrons. The number of aryl methyl sites for hydroxylation is 1. The van der Waals surface area contributed by atoms with Crippen LogP contribution in [0, 0.1) is 6.92 Å². The van der Waals surface area contributed by atoms with E-state index in [0.717, 1.165) is 35.7 Å². The molecule has 1 aliphatic rings. The van der Waals surface area contributed by atoms with E-state index >= 15 is 0 Å². The number of pyridine rings is 1. The van der Waals surface area contributed by atoms with E-state index in [1.54, 1.807) is 0 Å². The Kier molecular flexibility index (Phi) is 3.74. The molecule has 0 aliphatic carbocycles. The summed E-state index contributed by atoms with van der Waals surface area (Å²) in [6.07, 6.45) is 1.20. The van der Waals surface area contributed by atoms with Gasteiger partial charge in [0.1, 0.15) is 0 Å². The van der Waals surface area contributed by atoms with Gasteiger partial charge >= 0.3 is 0 Å². The number of nitrogens with zero attached hydrogens (tertiary/aromatic N) is 2. The molecule has 3 rings (SSSR count). The van der Waals surface area contributed by atoms with Crippen molar-refractivity contribution in [2.75, 3.05) is 29.5 Å². The van der Waals surface area contributed by atoms with E-state index in [1.807, 2.05) is 12.1 Å². The molecule has 1 fully saturated rings. The third kappa shape index (κ3) is 3.10. The summed E-state index contributed by atoms with van der Waals surface area (Å²) in [7, 11) is 0. The number of hydrogen-bond donors (Lipinski definition) is 1. The fourth-order valence-corrected chi connectivity index (χ4v) is 3.98. The standard InChI is InChI=1S/C17H23N3S/c1-12-10-16(14-11-13(18)4-5-15(14)19-12)20-7-6-17(2,3)21-9-8-20/h4-5,10-11H,6-9,18H2,1-3H3. The van der Waals surface area contributed by atoms with Crippen molar-refractivity contribution in [3.05, 3.63) is 30.0 Å². The monoisotopic (exact) mass is 301 g/mol. The number of hydrogen-bond acceptors (Lipinski definition) is 4. The quantitative estimate of drug-likeness (QED) is 0.813. The van der Waals surface area contributed by atoms with Crippen molar-refractivity contribution in [1.29, 1.82) is 0 Å². The van der Waals surface area contributed by atoms with Gasteiger partial charge in [0, 0.05) is 46.0 Å². The largest absolute Gasteiger partial charge is 0.399 e. The van der Waals surface area contributed by atoms with Gasteiger partial charge in [0.05, 0.1) is 5.52 Å². The second kappa shape index (κ2) is 5.41. The Labute approximate surface area is 130 Å². The molecule has 2 heterocycles. The number of anilines is 2. The summed E-state index contributed by atoms with van der Waals surface area (Å²) in [5, 5.41) is 1.17. The Morgan fingerprint density at radius 1 is 1.24 bits per heavy atom. The minimum absolute atomic E-state index is 0.367. The lowest BCUT2D eigenvalue weighted by atomic mass is 10.1. The molecule has 1 saturated heterocycles. The van der Waals surface area contributed by atoms with E-state index < -0.39 is 0 Å². The van der Waals surface area contributed by atoms with Gasteiger partial charge in [0.25, 0.3) is 0 Å². The highest BCUT2D eigenvalue weighted by atomic mass is 32.2. The van der Waals surface area contributed by atoms with Crippen LogP contribution in [0.5, 0.6) is 0 Å². The topological polar surface area (TPSA) is 42.1 Å². The first-order valence-electron chi connectivity index (χ1n) is 7.50. The summed E-state index contributed by atoms with van der Waals surface area (Å²) < 4.78 is 0.367. The predicted octanol–water partition coefficient (Wildman–Crippen LogP) is 3.85. The Morgan fingerprint density at radius 2 is 2.05 bits per heavy atom. The highest BCUT2D eigenvalue weighted by Crippen LogP contribution is 2.35. The average Bonchev–Trinajstić information content (AvgIpc) is 2.59. The number of rotatable bonds is 1. The molecule has 0 saturated carbocycles. The van der Waals surface area contributed by atoms with Gasteiger partial charge in [-0.05, 0) is 37.6 Å². The highest BCUT2D eigenvalue weighted by molar-refractivity contribution is 8.00. The Hall–Kier alpha value is -1.42. The minimum Gasteiger partial charge on any atom is -0.399 e. The lowest BCUT2D eigenvalue weighted by Crippen LogP contribution is -2.27. The van der Waals surface area contributed by atoms with Crippen molar-refractivity contribution in [2.24, 2.45) is 0 Å². The van der Waals surface area contributed by atoms with Crippen LogP contribution in [0.15, 0.2) is 24.3 Å². The molecule has 3 nitrogen and oxygen atoms in total. The summed E-state index contributed by atoms with van der Waals surface area (Å²) in [6, 6.07) is 8.21. The first-order chi connectivity index (χ1) is 9.94. The number of fused-ring (bicyclic) bond motifs is 1. The van der Waals surface area contributed by atoms with Crippen LogP contribution in [0.2, 0.25) is 0 Å². The predicted molar refractivity (Wildman–Crippen MR) is 94.3 cm³/mol. The van der Waals surface area contributed by atoms with Crippen LogP contribution in [-0.2, 0) is 0 Å². The second-order valence-corrected chi connectivity index (χ2v) is 8.21. The molecule has 0 unspecified atom stereocenters. The van der Waals surface area contributed by atoms with E-state index in [1.165, 1.54) is 17.5 Å². The van der Waals surface area contributed by atoms with Crippen molar-refractivity contribution in [3.8, 4) is 0 Å². The maximum Gasteiger partial charge on any atom is 0.0727 e. The summed E-state index contributed by atoms with van der Waals surface area (Å²) in [5.74, 6) is 1.16. The number of aromatic nitrogens is 1. The lowest BCUT2D eigenvalue weighted by molar-refractivity contribution is 0.638. The Bertz CT molecular complexity index is 666. The highest BCUT2D eigenvalue weighted by Gasteiger charge is 2.24. The maximum atomic E-state index is 5.98. The molecule has 1 aliphatic heterocycles. The first kappa shape index (κ1) is 14.5. The SMILES string of the molecule is Cc1cc(N2CCSC(C)(C)CC2)c2cc(N)ccc2n1. The van der Waals surface area contributed by atoms with Crippen molar-refractivity contribution in [2.45, 2.75) is 31.9 Å². The molecule has 4 heteroatoms. The first-order valence-corrected chi connectivity index (χ1v) is 8.49. The lowest BCUT2D eigenvalue weighted by Gasteiger charge is -2.25. The molecular weight excluding hydrogens is 278 g/mol. The second-order valence-electron chi connectivity index (χ2n) is 6.40. The molecule has 0 spiro atoms. The Morgan fingerprint density at radius 3 is 2.86 bits per heavy atom. The molecule has 1 aromatic heterocycles. The van der Waals surface area contributed by atoms with Crippen molar-refractivity contribution >= 4 is 34.0 Å². The van der Waals surface area contributed by atoms with E-state index in [2.05, 4.69) is 54.5 Å². The maximum absolute atomic E-state index is 5.98. The van der Waals surface area contributed by atoms with Crippen molar-refractivity contribution in [1.82, 2.24) is 4.98 Å². The van der Waals surface area contributed by atoms with Gasteiger partial charge in [-0.2, -0.15) is 11.8 Å². The van der Waals surface area contributed by atoms with Crippen LogP contribution in [0.3, 0.4) is 0 Å². The molecule has 0 amide bonds. The Balaban J connectivity index is 2.04. The summed E-state index contributed by atoms with van der Waals surface area (Å²) in [6.45, 7) is 8.93. The van der Waals surface area contributed by atoms with E-state index in [9.17, 15) is 0 Å². The summed E-state index contributed by atoms with van der Waals surface area (Å²) in [4.78, 5) is 7.14. The smallest absolute Gasteiger partial charge is 0.0727 e. The van der Waals surface area contributed by atoms with Crippen molar-refractivity contribution < 1.29 is 0 Å². The number of thioether (sulfide) groups is 1. The molecule has 2 N–H and O–H groups in total. The zero-order valence-electron chi connectivity index (χ0n) is 13.0. The van der Waals surface area contributed by atoms with E-state index in [4.69, 9.17) is 5.73 Å². The van der Waals surface area contributed by atoms with Crippen LogP contribution in [0.25, 0.3) is 10.9 Å². The van der Waals surface area contributed by atoms with Crippen LogP contribution in [0.1, 0.15) is 26.0 Å². The normalized spacial score (nSPS) is 18.7. The third-order valence-electron chi connectivity index (χ3n) is 4.12. The van der Waals surface area contributed by atoms with E-state index in [-0.39, 0.29) is 0 Å². The number of nitrogens with two attached hydrogens (primary N) is 1. The molecule has 2 aromatic rings. The van der Waals surface area contributed by atoms with Gasteiger partial charge < -0.3 is 10.6 Å². The number of nitrogen functional groups attached to an aromatic ring is 1. The molecule has 21 heavy (non-hydrogen) atoms. The number of benzene rings is 1. The van der Waals surface area contributed by atoms with Gasteiger partial charge in [0.2, 0.25) is 0 Å². The molecular formula is C17H23N3S. The minimum atomic E-state index is 0.367. The zero-order chi connectivity index (χ0) is 15.0. The van der Waals surface area contributed by atoms with Gasteiger partial charge in [-0.1, -0.05) is 13.8 Å². The van der Waals surface area contributed by atoms with Crippen LogP contribution >= 0.6 is 11.8 Å². The van der Waals surface area contributed by atoms with Crippen LogP contribution < -0.4 is 10.6 Å². The summed E-state index contributed by atoms with van der Waals surface area (Å²) >= 11 is 2.07. The van der Waals surface area contributed by atoms with Gasteiger partial charge in [0.15, 0.2) is 0 Å². The van der Waals surface area contributed by atoms with Gasteiger partial charge in [-0.25, -0.2) is 0 Å². The van der Waals surface area contributed by atoms with E-state index in [0.29, 0.717) is 4.75 Å². The third-order valence-corrected chi connectivity index (χ3v) is 5.49. The van der Waals surface area contributed by atoms with Crippen molar-refractivity contribution in [3.63, 3.8) is 0 Å². The molecule has 0 bridgehead atoms. The van der Waals surface area contributed by atoms with Gasteiger partial charge in [-0.3, -0.25) is 4.98 Å². The van der Waals surface area contributed by atoms with Crippen LogP contribution in [-0.4, -0.2) is 28.6 Å². The molecule has 1 aromatic carbocycles. The average molecular weight is 301 g/mol. The molecule has 0 atom stereocenters. The zero-order valence-corrected chi connectivity index (χ0v) is 13.8. The van der Waals surface area contributed by atoms with Crippen LogP contribution in [0.4, 0.5) is 11.4 Å². The fourth-order valence-electron chi connectivity index (χ4n) is 2.88. The van der Waals surface area contributed by atoms with Gasteiger partial charge in [-0.15, -0.1) is 0 Å².